The smallest absolute Gasteiger partial charge is 0.253 e. The first-order chi connectivity index (χ1) is 12.5. The van der Waals surface area contributed by atoms with E-state index in [4.69, 9.17) is 4.74 Å². The first-order valence-corrected chi connectivity index (χ1v) is 8.46. The zero-order valence-electron chi connectivity index (χ0n) is 15.2. The molecule has 0 unspecified atom stereocenters. The Bertz CT molecular complexity index is 1010. The molecule has 26 heavy (non-hydrogen) atoms. The number of nitrogens with zero attached hydrogens (tertiary/aromatic N) is 1. The van der Waals surface area contributed by atoms with E-state index >= 15 is 0 Å². The van der Waals surface area contributed by atoms with Gasteiger partial charge in [-0.1, -0.05) is 23.8 Å². The largest absolute Gasteiger partial charge is 0.375 e. The number of pyridine rings is 1. The number of hydrogen-bond acceptors (Lipinski definition) is 3. The Balaban J connectivity index is 2.03. The van der Waals surface area contributed by atoms with Crippen molar-refractivity contribution in [3.05, 3.63) is 75.6 Å². The van der Waals surface area contributed by atoms with Crippen LogP contribution < -0.4 is 10.5 Å². The standard InChI is InChI=1S/C21H22N2O3/c1-14-5-4-6-18(10-14)23(20(24)13-26-3)12-17-11-16-9-15(2)7-8-19(16)22-21(17)25/h4-11H,12-13H2,1-3H3,(H,22,25). The molecule has 1 aromatic heterocycles. The van der Waals surface area contributed by atoms with Crippen molar-refractivity contribution in [2.75, 3.05) is 18.6 Å². The molecule has 1 N–H and O–H groups in total. The van der Waals surface area contributed by atoms with Crippen LogP contribution in [-0.4, -0.2) is 24.6 Å². The van der Waals surface area contributed by atoms with Crippen LogP contribution >= 0.6 is 0 Å². The molecule has 134 valence electrons. The summed E-state index contributed by atoms with van der Waals surface area (Å²) < 4.78 is 5.01. The molecule has 3 rings (SSSR count). The number of aromatic nitrogens is 1. The summed E-state index contributed by atoms with van der Waals surface area (Å²) in [5.74, 6) is -0.193. The number of aromatic amines is 1. The van der Waals surface area contributed by atoms with Crippen molar-refractivity contribution in [2.24, 2.45) is 0 Å². The van der Waals surface area contributed by atoms with Crippen LogP contribution in [0.3, 0.4) is 0 Å². The number of methoxy groups -OCH3 is 1. The molecule has 0 aliphatic heterocycles. The van der Waals surface area contributed by atoms with Crippen molar-refractivity contribution in [3.63, 3.8) is 0 Å². The lowest BCUT2D eigenvalue weighted by Gasteiger charge is -2.23. The van der Waals surface area contributed by atoms with Gasteiger partial charge in [-0.25, -0.2) is 0 Å². The number of ether oxygens (including phenoxy) is 1. The fraction of sp³-hybridized carbons (Fsp3) is 0.238. The minimum absolute atomic E-state index is 0.0431. The average molecular weight is 350 g/mol. The molecule has 0 spiro atoms. The highest BCUT2D eigenvalue weighted by Crippen LogP contribution is 2.20. The third kappa shape index (κ3) is 3.83. The van der Waals surface area contributed by atoms with Crippen LogP contribution in [0.1, 0.15) is 16.7 Å². The summed E-state index contributed by atoms with van der Waals surface area (Å²) in [7, 11) is 1.48. The fourth-order valence-electron chi connectivity index (χ4n) is 2.98. The van der Waals surface area contributed by atoms with Gasteiger partial charge in [0.15, 0.2) is 0 Å². The van der Waals surface area contributed by atoms with E-state index in [0.29, 0.717) is 5.56 Å². The summed E-state index contributed by atoms with van der Waals surface area (Å²) >= 11 is 0. The van der Waals surface area contributed by atoms with Crippen LogP contribution in [0, 0.1) is 13.8 Å². The Labute approximate surface area is 152 Å². The molecular weight excluding hydrogens is 328 g/mol. The number of H-pyrrole nitrogens is 1. The number of anilines is 1. The van der Waals surface area contributed by atoms with Crippen LogP contribution in [0.25, 0.3) is 10.9 Å². The first kappa shape index (κ1) is 17.9. The second kappa shape index (κ2) is 7.54. The summed E-state index contributed by atoms with van der Waals surface area (Å²) in [4.78, 5) is 29.6. The Morgan fingerprint density at radius 3 is 2.58 bits per heavy atom. The summed E-state index contributed by atoms with van der Waals surface area (Å²) in [6, 6.07) is 15.4. The van der Waals surface area contributed by atoms with Crippen LogP contribution in [0.5, 0.6) is 0 Å². The maximum atomic E-state index is 12.6. The third-order valence-corrected chi connectivity index (χ3v) is 4.29. The number of fused-ring (bicyclic) bond motifs is 1. The van der Waals surface area contributed by atoms with Gasteiger partial charge in [-0.15, -0.1) is 0 Å². The van der Waals surface area contributed by atoms with Crippen LogP contribution in [-0.2, 0) is 16.1 Å². The molecule has 0 saturated carbocycles. The van der Waals surface area contributed by atoms with E-state index in [1.807, 2.05) is 62.4 Å². The molecular formula is C21H22N2O3. The summed E-state index contributed by atoms with van der Waals surface area (Å²) in [5, 5.41) is 0.947. The number of rotatable bonds is 5. The normalized spacial score (nSPS) is 10.9. The Morgan fingerprint density at radius 2 is 1.85 bits per heavy atom. The molecule has 3 aromatic rings. The van der Waals surface area contributed by atoms with Gasteiger partial charge in [0, 0.05) is 23.9 Å². The molecule has 0 aliphatic rings. The van der Waals surface area contributed by atoms with Crippen molar-refractivity contribution in [3.8, 4) is 0 Å². The van der Waals surface area contributed by atoms with E-state index in [0.717, 1.165) is 27.7 Å². The van der Waals surface area contributed by atoms with Crippen LogP contribution in [0.4, 0.5) is 5.69 Å². The minimum atomic E-state index is -0.193. The van der Waals surface area contributed by atoms with Crippen molar-refractivity contribution in [2.45, 2.75) is 20.4 Å². The number of carbonyl (C=O) groups excluding carboxylic acids is 1. The van der Waals surface area contributed by atoms with E-state index in [9.17, 15) is 9.59 Å². The lowest BCUT2D eigenvalue weighted by atomic mass is 10.1. The molecule has 5 nitrogen and oxygen atoms in total. The molecule has 2 aromatic carbocycles. The predicted molar refractivity (Wildman–Crippen MR) is 104 cm³/mol. The van der Waals surface area contributed by atoms with Crippen LogP contribution in [0.2, 0.25) is 0 Å². The molecule has 5 heteroatoms. The Hall–Kier alpha value is -2.92. The molecule has 0 atom stereocenters. The SMILES string of the molecule is COCC(=O)N(Cc1cc2cc(C)ccc2[nH]c1=O)c1cccc(C)c1. The fourth-order valence-corrected chi connectivity index (χ4v) is 2.98. The second-order valence-corrected chi connectivity index (χ2v) is 6.47. The molecule has 0 radical (unpaired) electrons. The number of nitrogens with one attached hydrogen (secondary N) is 1. The first-order valence-electron chi connectivity index (χ1n) is 8.46. The molecule has 0 fully saturated rings. The Morgan fingerprint density at radius 1 is 1.08 bits per heavy atom. The van der Waals surface area contributed by atoms with Gasteiger partial charge in [0.05, 0.1) is 6.54 Å². The van der Waals surface area contributed by atoms with E-state index in [-0.39, 0.29) is 24.6 Å². The topological polar surface area (TPSA) is 62.4 Å². The lowest BCUT2D eigenvalue weighted by Crippen LogP contribution is -2.35. The third-order valence-electron chi connectivity index (χ3n) is 4.29. The van der Waals surface area contributed by atoms with E-state index < -0.39 is 0 Å². The summed E-state index contributed by atoms with van der Waals surface area (Å²) in [5.41, 5.74) is 4.03. The van der Waals surface area contributed by atoms with Gasteiger partial charge < -0.3 is 14.6 Å². The molecule has 0 bridgehead atoms. The number of aryl methyl sites for hydroxylation is 2. The quantitative estimate of drug-likeness (QED) is 0.768. The lowest BCUT2D eigenvalue weighted by molar-refractivity contribution is -0.122. The van der Waals surface area contributed by atoms with E-state index in [2.05, 4.69) is 4.98 Å². The number of carbonyl (C=O) groups is 1. The average Bonchev–Trinajstić information content (AvgIpc) is 2.60. The number of hydrogen-bond donors (Lipinski definition) is 1. The monoisotopic (exact) mass is 350 g/mol. The summed E-state index contributed by atoms with van der Waals surface area (Å²) in [6.45, 7) is 4.11. The minimum Gasteiger partial charge on any atom is -0.375 e. The van der Waals surface area contributed by atoms with Gasteiger partial charge in [-0.05, 0) is 55.1 Å². The van der Waals surface area contributed by atoms with Crippen LogP contribution in [0.15, 0.2) is 53.3 Å². The predicted octanol–water partition coefficient (Wildman–Crippen LogP) is 3.32. The van der Waals surface area contributed by atoms with Gasteiger partial charge in [0.25, 0.3) is 11.5 Å². The van der Waals surface area contributed by atoms with Gasteiger partial charge in [-0.3, -0.25) is 9.59 Å². The highest BCUT2D eigenvalue weighted by atomic mass is 16.5. The maximum Gasteiger partial charge on any atom is 0.253 e. The van der Waals surface area contributed by atoms with Gasteiger partial charge in [-0.2, -0.15) is 0 Å². The Kier molecular flexibility index (Phi) is 5.19. The molecule has 1 amide bonds. The highest BCUT2D eigenvalue weighted by molar-refractivity contribution is 5.94. The maximum absolute atomic E-state index is 12.6. The molecule has 0 saturated heterocycles. The van der Waals surface area contributed by atoms with E-state index in [1.165, 1.54) is 7.11 Å². The zero-order valence-corrected chi connectivity index (χ0v) is 15.2. The van der Waals surface area contributed by atoms with Crippen molar-refractivity contribution >= 4 is 22.5 Å². The second-order valence-electron chi connectivity index (χ2n) is 6.47. The van der Waals surface area contributed by atoms with Crippen molar-refractivity contribution < 1.29 is 9.53 Å². The summed E-state index contributed by atoms with van der Waals surface area (Å²) in [6.07, 6.45) is 0. The van der Waals surface area contributed by atoms with Gasteiger partial charge >= 0.3 is 0 Å². The van der Waals surface area contributed by atoms with Crippen molar-refractivity contribution in [1.29, 1.82) is 0 Å². The van der Waals surface area contributed by atoms with Gasteiger partial charge in [0.2, 0.25) is 0 Å². The molecule has 1 heterocycles. The highest BCUT2D eigenvalue weighted by Gasteiger charge is 2.18. The van der Waals surface area contributed by atoms with E-state index in [1.54, 1.807) is 4.90 Å². The number of benzene rings is 2. The van der Waals surface area contributed by atoms with Crippen molar-refractivity contribution in [1.82, 2.24) is 4.98 Å². The zero-order chi connectivity index (χ0) is 18.7. The molecule has 0 aliphatic carbocycles. The number of amides is 1. The van der Waals surface area contributed by atoms with Gasteiger partial charge in [0.1, 0.15) is 6.61 Å².